The highest BCUT2D eigenvalue weighted by molar-refractivity contribution is 9.10. The summed E-state index contributed by atoms with van der Waals surface area (Å²) in [7, 11) is 0. The summed E-state index contributed by atoms with van der Waals surface area (Å²) in [5.41, 5.74) is 1.96. The maximum Gasteiger partial charge on any atom is 0.226 e. The molecule has 0 heterocycles. The predicted molar refractivity (Wildman–Crippen MR) is 91.7 cm³/mol. The fourth-order valence-corrected chi connectivity index (χ4v) is 2.50. The molecule has 0 radical (unpaired) electrons. The van der Waals surface area contributed by atoms with Crippen molar-refractivity contribution in [1.29, 1.82) is 0 Å². The van der Waals surface area contributed by atoms with Crippen LogP contribution in [0, 0.1) is 0 Å². The molecule has 21 heavy (non-hydrogen) atoms. The Morgan fingerprint density at radius 1 is 1.10 bits per heavy atom. The zero-order valence-electron chi connectivity index (χ0n) is 12.1. The molecule has 0 saturated heterocycles. The molecule has 0 aliphatic heterocycles. The van der Waals surface area contributed by atoms with Crippen LogP contribution in [0.4, 0.5) is 11.4 Å². The summed E-state index contributed by atoms with van der Waals surface area (Å²) >= 11 is 3.43. The third-order valence-corrected chi connectivity index (χ3v) is 3.95. The third kappa shape index (κ3) is 4.60. The molecular weight excluding hydrogens is 328 g/mol. The lowest BCUT2D eigenvalue weighted by atomic mass is 10.2. The number of benzene rings is 2. The minimum atomic E-state index is 0.0243. The number of rotatable bonds is 6. The van der Waals surface area contributed by atoms with Crippen LogP contribution in [0.2, 0.25) is 0 Å². The number of carbonyl (C=O) groups excluding carboxylic acids is 1. The topological polar surface area (TPSA) is 32.3 Å². The van der Waals surface area contributed by atoms with Gasteiger partial charge in [-0.1, -0.05) is 30.3 Å². The van der Waals surface area contributed by atoms with Gasteiger partial charge in [0.15, 0.2) is 0 Å². The van der Waals surface area contributed by atoms with Crippen molar-refractivity contribution in [2.45, 2.75) is 13.3 Å². The summed E-state index contributed by atoms with van der Waals surface area (Å²) in [6.45, 7) is 3.68. The summed E-state index contributed by atoms with van der Waals surface area (Å²) in [6, 6.07) is 17.8. The van der Waals surface area contributed by atoms with E-state index < -0.39 is 0 Å². The first kappa shape index (κ1) is 15.6. The first-order valence-corrected chi connectivity index (χ1v) is 7.84. The Hall–Kier alpha value is -1.81. The van der Waals surface area contributed by atoms with Crippen LogP contribution < -0.4 is 10.2 Å². The van der Waals surface area contributed by atoms with Crippen LogP contribution in [-0.2, 0) is 4.79 Å². The van der Waals surface area contributed by atoms with Gasteiger partial charge in [-0.25, -0.2) is 0 Å². The molecule has 2 rings (SSSR count). The maximum atomic E-state index is 12.1. The Labute approximate surface area is 134 Å². The molecule has 1 amide bonds. The molecule has 0 saturated carbocycles. The first-order chi connectivity index (χ1) is 10.2. The zero-order chi connectivity index (χ0) is 15.1. The molecule has 0 spiro atoms. The van der Waals surface area contributed by atoms with E-state index in [1.165, 1.54) is 0 Å². The van der Waals surface area contributed by atoms with Crippen LogP contribution in [0.25, 0.3) is 0 Å². The molecule has 0 bridgehead atoms. The Morgan fingerprint density at radius 2 is 1.76 bits per heavy atom. The second kappa shape index (κ2) is 7.84. The minimum absolute atomic E-state index is 0.0243. The molecule has 2 aromatic rings. The van der Waals surface area contributed by atoms with Gasteiger partial charge in [-0.2, -0.15) is 0 Å². The number of para-hydroxylation sites is 2. The quantitative estimate of drug-likeness (QED) is 0.845. The largest absolute Gasteiger partial charge is 0.371 e. The van der Waals surface area contributed by atoms with Gasteiger partial charge in [0.1, 0.15) is 0 Å². The Balaban J connectivity index is 1.90. The lowest BCUT2D eigenvalue weighted by molar-refractivity contribution is -0.116. The van der Waals surface area contributed by atoms with Crippen molar-refractivity contribution >= 4 is 33.2 Å². The van der Waals surface area contributed by atoms with Crippen LogP contribution in [0.5, 0.6) is 0 Å². The van der Waals surface area contributed by atoms with Crippen LogP contribution >= 0.6 is 15.9 Å². The van der Waals surface area contributed by atoms with Crippen LogP contribution in [0.3, 0.4) is 0 Å². The van der Waals surface area contributed by atoms with Gasteiger partial charge in [0.2, 0.25) is 5.91 Å². The standard InChI is InChI=1S/C17H19BrN2O/c1-2-20(14-8-4-3-5-9-14)13-12-17(21)19-16-11-7-6-10-15(16)18/h3-11H,2,12-13H2,1H3,(H,19,21). The summed E-state index contributed by atoms with van der Waals surface area (Å²) in [4.78, 5) is 14.3. The number of anilines is 2. The van der Waals surface area contributed by atoms with E-state index in [0.29, 0.717) is 13.0 Å². The normalized spacial score (nSPS) is 10.2. The second-order valence-electron chi connectivity index (χ2n) is 4.69. The second-order valence-corrected chi connectivity index (χ2v) is 5.55. The molecule has 3 nitrogen and oxygen atoms in total. The van der Waals surface area contributed by atoms with Crippen molar-refractivity contribution in [3.63, 3.8) is 0 Å². The summed E-state index contributed by atoms with van der Waals surface area (Å²) in [5, 5.41) is 2.93. The van der Waals surface area contributed by atoms with Crippen LogP contribution in [0.15, 0.2) is 59.1 Å². The molecule has 0 unspecified atom stereocenters. The molecule has 1 N–H and O–H groups in total. The minimum Gasteiger partial charge on any atom is -0.371 e. The fourth-order valence-electron chi connectivity index (χ4n) is 2.12. The average molecular weight is 347 g/mol. The highest BCUT2D eigenvalue weighted by Gasteiger charge is 2.08. The SMILES string of the molecule is CCN(CCC(=O)Nc1ccccc1Br)c1ccccc1. The molecule has 0 aromatic heterocycles. The third-order valence-electron chi connectivity index (χ3n) is 3.26. The molecule has 4 heteroatoms. The fraction of sp³-hybridized carbons (Fsp3) is 0.235. The number of carbonyl (C=O) groups is 1. The lowest BCUT2D eigenvalue weighted by Crippen LogP contribution is -2.27. The van der Waals surface area contributed by atoms with Crippen molar-refractivity contribution in [1.82, 2.24) is 0 Å². The van der Waals surface area contributed by atoms with Gasteiger partial charge >= 0.3 is 0 Å². The molecule has 110 valence electrons. The van der Waals surface area contributed by atoms with Gasteiger partial charge < -0.3 is 10.2 Å². The lowest BCUT2D eigenvalue weighted by Gasteiger charge is -2.22. The smallest absolute Gasteiger partial charge is 0.226 e. The number of hydrogen-bond acceptors (Lipinski definition) is 2. The Bertz CT molecular complexity index is 586. The van der Waals surface area contributed by atoms with Gasteiger partial charge in [-0.15, -0.1) is 0 Å². The van der Waals surface area contributed by atoms with E-state index in [1.807, 2.05) is 42.5 Å². The van der Waals surface area contributed by atoms with E-state index in [0.717, 1.165) is 22.4 Å². The number of halogens is 1. The first-order valence-electron chi connectivity index (χ1n) is 7.05. The van der Waals surface area contributed by atoms with Crippen molar-refractivity contribution < 1.29 is 4.79 Å². The van der Waals surface area contributed by atoms with Gasteiger partial charge in [0.05, 0.1) is 5.69 Å². The van der Waals surface area contributed by atoms with Crippen LogP contribution in [-0.4, -0.2) is 19.0 Å². The molecule has 0 aliphatic rings. The average Bonchev–Trinajstić information content (AvgIpc) is 2.51. The Kier molecular flexibility index (Phi) is 5.81. The molecule has 0 atom stereocenters. The number of hydrogen-bond donors (Lipinski definition) is 1. The van der Waals surface area contributed by atoms with Gasteiger partial charge in [-0.3, -0.25) is 4.79 Å². The number of nitrogens with zero attached hydrogens (tertiary/aromatic N) is 1. The highest BCUT2D eigenvalue weighted by Crippen LogP contribution is 2.21. The van der Waals surface area contributed by atoms with E-state index in [4.69, 9.17) is 0 Å². The van der Waals surface area contributed by atoms with Crippen molar-refractivity contribution in [2.24, 2.45) is 0 Å². The van der Waals surface area contributed by atoms with Crippen molar-refractivity contribution in [3.05, 3.63) is 59.1 Å². The van der Waals surface area contributed by atoms with E-state index in [2.05, 4.69) is 45.2 Å². The number of nitrogens with one attached hydrogen (secondary N) is 1. The molecule has 0 fully saturated rings. The number of amides is 1. The zero-order valence-corrected chi connectivity index (χ0v) is 13.6. The highest BCUT2D eigenvalue weighted by atomic mass is 79.9. The summed E-state index contributed by atoms with van der Waals surface area (Å²) in [6.07, 6.45) is 0.462. The maximum absolute atomic E-state index is 12.1. The van der Waals surface area contributed by atoms with Gasteiger partial charge in [-0.05, 0) is 47.1 Å². The molecule has 0 aliphatic carbocycles. The van der Waals surface area contributed by atoms with E-state index in [1.54, 1.807) is 0 Å². The molecular formula is C17H19BrN2O. The Morgan fingerprint density at radius 3 is 2.43 bits per heavy atom. The van der Waals surface area contributed by atoms with Crippen molar-refractivity contribution in [3.8, 4) is 0 Å². The van der Waals surface area contributed by atoms with Gasteiger partial charge in [0, 0.05) is 29.7 Å². The summed E-state index contributed by atoms with van der Waals surface area (Å²) < 4.78 is 0.897. The van der Waals surface area contributed by atoms with Crippen molar-refractivity contribution in [2.75, 3.05) is 23.3 Å². The van der Waals surface area contributed by atoms with Gasteiger partial charge in [0.25, 0.3) is 0 Å². The predicted octanol–water partition coefficient (Wildman–Crippen LogP) is 4.30. The van der Waals surface area contributed by atoms with E-state index >= 15 is 0 Å². The van der Waals surface area contributed by atoms with Crippen LogP contribution in [0.1, 0.15) is 13.3 Å². The monoisotopic (exact) mass is 346 g/mol. The van der Waals surface area contributed by atoms with E-state index in [9.17, 15) is 4.79 Å². The van der Waals surface area contributed by atoms with E-state index in [-0.39, 0.29) is 5.91 Å². The molecule has 2 aromatic carbocycles. The summed E-state index contributed by atoms with van der Waals surface area (Å²) in [5.74, 6) is 0.0243.